The standard InChI is InChI=1S/C18H24N2/c1-2-3-11-20-12-7-6-10-18(20)16-13-15-8-4-5-9-17(15)19-14-16/h4-5,8-9,13-14,18H,2-3,6-7,10-12H2,1H3/t18-/m1/s1. The number of unbranched alkanes of at least 4 members (excludes halogenated alkanes) is 1. The Morgan fingerprint density at radius 3 is 3.05 bits per heavy atom. The molecule has 0 saturated carbocycles. The fraction of sp³-hybridized carbons (Fsp3) is 0.500. The summed E-state index contributed by atoms with van der Waals surface area (Å²) in [7, 11) is 0. The molecule has 20 heavy (non-hydrogen) atoms. The smallest absolute Gasteiger partial charge is 0.0702 e. The van der Waals surface area contributed by atoms with Crippen molar-refractivity contribution in [2.45, 2.75) is 45.1 Å². The number of hydrogen-bond acceptors (Lipinski definition) is 2. The molecule has 0 N–H and O–H groups in total. The van der Waals surface area contributed by atoms with Crippen LogP contribution in [0.15, 0.2) is 36.5 Å². The van der Waals surface area contributed by atoms with Gasteiger partial charge in [-0.2, -0.15) is 0 Å². The number of aromatic nitrogens is 1. The minimum Gasteiger partial charge on any atom is -0.296 e. The minimum absolute atomic E-state index is 0.576. The molecule has 0 aliphatic carbocycles. The summed E-state index contributed by atoms with van der Waals surface area (Å²) in [5, 5.41) is 1.27. The van der Waals surface area contributed by atoms with Crippen LogP contribution in [-0.2, 0) is 0 Å². The Balaban J connectivity index is 1.86. The number of nitrogens with zero attached hydrogens (tertiary/aromatic N) is 2. The van der Waals surface area contributed by atoms with Crippen LogP contribution < -0.4 is 0 Å². The molecule has 1 aromatic heterocycles. The normalized spacial score (nSPS) is 20.4. The van der Waals surface area contributed by atoms with Gasteiger partial charge in [0.1, 0.15) is 0 Å². The van der Waals surface area contributed by atoms with E-state index < -0.39 is 0 Å². The predicted molar refractivity (Wildman–Crippen MR) is 84.8 cm³/mol. The van der Waals surface area contributed by atoms with Crippen LogP contribution in [0.5, 0.6) is 0 Å². The van der Waals surface area contributed by atoms with E-state index >= 15 is 0 Å². The first kappa shape index (κ1) is 13.6. The topological polar surface area (TPSA) is 16.1 Å². The molecule has 106 valence electrons. The Bertz CT molecular complexity index is 564. The second kappa shape index (κ2) is 6.36. The number of para-hydroxylation sites is 1. The Morgan fingerprint density at radius 1 is 1.25 bits per heavy atom. The molecule has 1 saturated heterocycles. The fourth-order valence-corrected chi connectivity index (χ4v) is 3.27. The van der Waals surface area contributed by atoms with Crippen LogP contribution in [-0.4, -0.2) is 23.0 Å². The Labute approximate surface area is 121 Å². The second-order valence-corrected chi connectivity index (χ2v) is 5.86. The van der Waals surface area contributed by atoms with E-state index in [9.17, 15) is 0 Å². The molecule has 1 atom stereocenters. The van der Waals surface area contributed by atoms with Crippen LogP contribution in [0.4, 0.5) is 0 Å². The zero-order valence-corrected chi connectivity index (χ0v) is 12.4. The average Bonchev–Trinajstić information content (AvgIpc) is 2.53. The van der Waals surface area contributed by atoms with Crippen LogP contribution in [0.3, 0.4) is 0 Å². The van der Waals surface area contributed by atoms with Gasteiger partial charge < -0.3 is 0 Å². The fourth-order valence-electron chi connectivity index (χ4n) is 3.27. The van der Waals surface area contributed by atoms with Gasteiger partial charge in [0, 0.05) is 17.6 Å². The number of piperidine rings is 1. The second-order valence-electron chi connectivity index (χ2n) is 5.86. The Morgan fingerprint density at radius 2 is 2.15 bits per heavy atom. The van der Waals surface area contributed by atoms with Gasteiger partial charge in [0.25, 0.3) is 0 Å². The molecule has 2 nitrogen and oxygen atoms in total. The minimum atomic E-state index is 0.576. The number of fused-ring (bicyclic) bond motifs is 1. The number of likely N-dealkylation sites (tertiary alicyclic amines) is 1. The molecule has 1 aliphatic heterocycles. The maximum absolute atomic E-state index is 4.64. The number of rotatable bonds is 4. The molecular weight excluding hydrogens is 244 g/mol. The molecule has 2 aromatic rings. The van der Waals surface area contributed by atoms with E-state index in [1.165, 1.54) is 56.1 Å². The molecule has 0 unspecified atom stereocenters. The van der Waals surface area contributed by atoms with Gasteiger partial charge in [-0.05, 0) is 50.0 Å². The van der Waals surface area contributed by atoms with E-state index in [0.29, 0.717) is 6.04 Å². The monoisotopic (exact) mass is 268 g/mol. The molecule has 1 fully saturated rings. The number of pyridine rings is 1. The van der Waals surface area contributed by atoms with Crippen LogP contribution in [0.1, 0.15) is 50.6 Å². The molecule has 0 amide bonds. The third-order valence-electron chi connectivity index (χ3n) is 4.41. The van der Waals surface area contributed by atoms with E-state index in [1.54, 1.807) is 0 Å². The molecule has 0 radical (unpaired) electrons. The van der Waals surface area contributed by atoms with Gasteiger partial charge in [0.15, 0.2) is 0 Å². The van der Waals surface area contributed by atoms with Gasteiger partial charge in [0.2, 0.25) is 0 Å². The van der Waals surface area contributed by atoms with Crippen molar-refractivity contribution in [3.8, 4) is 0 Å². The van der Waals surface area contributed by atoms with E-state index in [2.05, 4.69) is 53.3 Å². The molecule has 1 aromatic carbocycles. The van der Waals surface area contributed by atoms with E-state index in [4.69, 9.17) is 0 Å². The maximum atomic E-state index is 4.64. The summed E-state index contributed by atoms with van der Waals surface area (Å²) in [6.07, 6.45) is 8.65. The van der Waals surface area contributed by atoms with E-state index in [-0.39, 0.29) is 0 Å². The lowest BCUT2D eigenvalue weighted by molar-refractivity contribution is 0.146. The largest absolute Gasteiger partial charge is 0.296 e. The summed E-state index contributed by atoms with van der Waals surface area (Å²) >= 11 is 0. The SMILES string of the molecule is CCCCN1CCCC[C@@H]1c1cnc2ccccc2c1. The van der Waals surface area contributed by atoms with Crippen molar-refractivity contribution in [1.82, 2.24) is 9.88 Å². The summed E-state index contributed by atoms with van der Waals surface area (Å²) in [5.74, 6) is 0. The average molecular weight is 268 g/mol. The van der Waals surface area contributed by atoms with Crippen molar-refractivity contribution in [2.24, 2.45) is 0 Å². The van der Waals surface area contributed by atoms with Gasteiger partial charge in [-0.15, -0.1) is 0 Å². The van der Waals surface area contributed by atoms with E-state index in [0.717, 1.165) is 5.52 Å². The lowest BCUT2D eigenvalue weighted by atomic mass is 9.95. The quantitative estimate of drug-likeness (QED) is 0.808. The molecule has 1 aliphatic rings. The Hall–Kier alpha value is -1.41. The first-order valence-corrected chi connectivity index (χ1v) is 7.97. The van der Waals surface area contributed by atoms with Gasteiger partial charge in [-0.25, -0.2) is 0 Å². The molecule has 2 heterocycles. The van der Waals surface area contributed by atoms with Gasteiger partial charge in [-0.3, -0.25) is 9.88 Å². The highest BCUT2D eigenvalue weighted by Crippen LogP contribution is 2.31. The lowest BCUT2D eigenvalue weighted by Crippen LogP contribution is -2.34. The molecule has 0 spiro atoms. The Kier molecular flexibility index (Phi) is 4.31. The summed E-state index contributed by atoms with van der Waals surface area (Å²) in [4.78, 5) is 7.31. The molecular formula is C18H24N2. The third kappa shape index (κ3) is 2.85. The molecule has 0 bridgehead atoms. The van der Waals surface area contributed by atoms with E-state index in [1.807, 2.05) is 0 Å². The first-order chi connectivity index (χ1) is 9.88. The van der Waals surface area contributed by atoms with Crippen LogP contribution in [0.25, 0.3) is 10.9 Å². The van der Waals surface area contributed by atoms with Crippen LogP contribution in [0, 0.1) is 0 Å². The maximum Gasteiger partial charge on any atom is 0.0702 e. The first-order valence-electron chi connectivity index (χ1n) is 7.97. The number of hydrogen-bond donors (Lipinski definition) is 0. The third-order valence-corrected chi connectivity index (χ3v) is 4.41. The zero-order chi connectivity index (χ0) is 13.8. The van der Waals surface area contributed by atoms with Crippen molar-refractivity contribution in [3.63, 3.8) is 0 Å². The van der Waals surface area contributed by atoms with Crippen molar-refractivity contribution < 1.29 is 0 Å². The summed E-state index contributed by atoms with van der Waals surface area (Å²) < 4.78 is 0. The van der Waals surface area contributed by atoms with Crippen molar-refractivity contribution >= 4 is 10.9 Å². The summed E-state index contributed by atoms with van der Waals surface area (Å²) in [5.41, 5.74) is 2.51. The summed E-state index contributed by atoms with van der Waals surface area (Å²) in [6.45, 7) is 4.75. The summed E-state index contributed by atoms with van der Waals surface area (Å²) in [6, 6.07) is 11.3. The molecule has 2 heteroatoms. The number of benzene rings is 1. The zero-order valence-electron chi connectivity index (χ0n) is 12.4. The van der Waals surface area contributed by atoms with Gasteiger partial charge >= 0.3 is 0 Å². The van der Waals surface area contributed by atoms with Crippen molar-refractivity contribution in [2.75, 3.05) is 13.1 Å². The predicted octanol–water partition coefficient (Wildman–Crippen LogP) is 4.56. The van der Waals surface area contributed by atoms with Crippen molar-refractivity contribution in [3.05, 3.63) is 42.1 Å². The van der Waals surface area contributed by atoms with Crippen LogP contribution in [0.2, 0.25) is 0 Å². The van der Waals surface area contributed by atoms with Gasteiger partial charge in [0.05, 0.1) is 5.52 Å². The highest BCUT2D eigenvalue weighted by Gasteiger charge is 2.23. The molecule has 3 rings (SSSR count). The highest BCUT2D eigenvalue weighted by atomic mass is 15.2. The van der Waals surface area contributed by atoms with Crippen LogP contribution >= 0.6 is 0 Å². The van der Waals surface area contributed by atoms with Crippen molar-refractivity contribution in [1.29, 1.82) is 0 Å². The highest BCUT2D eigenvalue weighted by molar-refractivity contribution is 5.78. The van der Waals surface area contributed by atoms with Gasteiger partial charge in [-0.1, -0.05) is 38.0 Å². The lowest BCUT2D eigenvalue weighted by Gasteiger charge is -2.36.